The Morgan fingerprint density at radius 3 is 2.77 bits per heavy atom. The molecular weight excluding hydrogens is 456 g/mol. The minimum Gasteiger partial charge on any atom is -0.478 e. The average Bonchev–Trinajstić information content (AvgIpc) is 2.82. The molecule has 0 amide bonds. The van der Waals surface area contributed by atoms with Gasteiger partial charge in [-0.05, 0) is 37.6 Å². The van der Waals surface area contributed by atoms with Gasteiger partial charge >= 0.3 is 5.97 Å². The maximum atomic E-state index is 14.2. The second kappa shape index (κ2) is 9.43. The van der Waals surface area contributed by atoms with Crippen molar-refractivity contribution in [3.05, 3.63) is 58.8 Å². The van der Waals surface area contributed by atoms with E-state index in [0.29, 0.717) is 16.7 Å². The lowest BCUT2D eigenvalue weighted by Crippen LogP contribution is -2.52. The van der Waals surface area contributed by atoms with Crippen LogP contribution in [0.4, 0.5) is 20.3 Å². The van der Waals surface area contributed by atoms with Crippen molar-refractivity contribution in [1.82, 2.24) is 9.97 Å². The lowest BCUT2D eigenvalue weighted by Gasteiger charge is -2.38. The number of nitrogens with one attached hydrogen (secondary N) is 1. The normalized spacial score (nSPS) is 18.2. The Morgan fingerprint density at radius 2 is 2.09 bits per heavy atom. The maximum absolute atomic E-state index is 14.2. The standard InChI is InChI=1S/C25H25F2N5O3/c1-14-10-17(15(2)29-18-7-5-4-6-16(18)24(33)34)22-19(11-14)30-20(12-28)23(31-22)32-9-8-25(26,27)21(13-32)35-3/h4-7,10-11,15,21,29H,8-9,13H2,1-3H3,(H,33,34)/t15-,21?/m1/s1. The highest BCUT2D eigenvalue weighted by Crippen LogP contribution is 2.35. The van der Waals surface area contributed by atoms with Crippen molar-refractivity contribution in [3.8, 4) is 6.07 Å². The number of methoxy groups -OCH3 is 1. The number of aromatic carboxylic acids is 1. The summed E-state index contributed by atoms with van der Waals surface area (Å²) >= 11 is 0. The fourth-order valence-corrected chi connectivity index (χ4v) is 4.36. The number of hydrogen-bond acceptors (Lipinski definition) is 7. The molecule has 0 saturated carbocycles. The molecule has 35 heavy (non-hydrogen) atoms. The van der Waals surface area contributed by atoms with Crippen molar-refractivity contribution >= 4 is 28.5 Å². The monoisotopic (exact) mass is 481 g/mol. The first-order chi connectivity index (χ1) is 16.6. The van der Waals surface area contributed by atoms with E-state index in [1.807, 2.05) is 26.0 Å². The van der Waals surface area contributed by atoms with Gasteiger partial charge in [-0.25, -0.2) is 23.5 Å². The van der Waals surface area contributed by atoms with Crippen LogP contribution < -0.4 is 10.2 Å². The predicted molar refractivity (Wildman–Crippen MR) is 127 cm³/mol. The zero-order valence-corrected chi connectivity index (χ0v) is 19.5. The highest BCUT2D eigenvalue weighted by molar-refractivity contribution is 5.94. The van der Waals surface area contributed by atoms with Crippen LogP contribution in [-0.4, -0.2) is 53.3 Å². The number of ether oxygens (including phenoxy) is 1. The van der Waals surface area contributed by atoms with Gasteiger partial charge in [-0.3, -0.25) is 0 Å². The van der Waals surface area contributed by atoms with Gasteiger partial charge in [0.1, 0.15) is 12.2 Å². The molecule has 0 radical (unpaired) electrons. The number of aromatic nitrogens is 2. The molecule has 0 bridgehead atoms. The number of para-hydroxylation sites is 1. The molecule has 1 saturated heterocycles. The number of anilines is 2. The molecule has 3 aromatic rings. The molecule has 1 aromatic heterocycles. The topological polar surface area (TPSA) is 111 Å². The second-order valence-corrected chi connectivity index (χ2v) is 8.63. The van der Waals surface area contributed by atoms with E-state index < -0.39 is 24.4 Å². The highest BCUT2D eigenvalue weighted by atomic mass is 19.3. The first-order valence-electron chi connectivity index (χ1n) is 11.1. The molecule has 10 heteroatoms. The number of benzene rings is 2. The summed E-state index contributed by atoms with van der Waals surface area (Å²) in [5.41, 5.74) is 3.25. The van der Waals surface area contributed by atoms with E-state index in [9.17, 15) is 23.9 Å². The van der Waals surface area contributed by atoms with Crippen molar-refractivity contribution in [2.24, 2.45) is 0 Å². The van der Waals surface area contributed by atoms with Crippen molar-refractivity contribution in [2.45, 2.75) is 38.3 Å². The molecule has 2 heterocycles. The number of carboxylic acid groups (broad SMARTS) is 1. The fourth-order valence-electron chi connectivity index (χ4n) is 4.36. The van der Waals surface area contributed by atoms with E-state index in [1.165, 1.54) is 13.2 Å². The summed E-state index contributed by atoms with van der Waals surface area (Å²) in [4.78, 5) is 22.5. The Hall–Kier alpha value is -3.84. The van der Waals surface area contributed by atoms with Gasteiger partial charge in [0.2, 0.25) is 0 Å². The number of rotatable bonds is 6. The Kier molecular flexibility index (Phi) is 6.54. The number of carbonyl (C=O) groups is 1. The van der Waals surface area contributed by atoms with Crippen molar-refractivity contribution in [1.29, 1.82) is 5.26 Å². The SMILES string of the molecule is COC1CN(c2nc3c([C@@H](C)Nc4ccccc4C(=O)O)cc(C)cc3nc2C#N)CCC1(F)F. The Morgan fingerprint density at radius 1 is 1.34 bits per heavy atom. The quantitative estimate of drug-likeness (QED) is 0.528. The van der Waals surface area contributed by atoms with Gasteiger partial charge in [0.15, 0.2) is 11.5 Å². The van der Waals surface area contributed by atoms with Gasteiger partial charge in [0.05, 0.1) is 29.2 Å². The minimum atomic E-state index is -2.97. The van der Waals surface area contributed by atoms with Crippen LogP contribution in [0.1, 0.15) is 46.6 Å². The van der Waals surface area contributed by atoms with Gasteiger partial charge in [-0.15, -0.1) is 0 Å². The lowest BCUT2D eigenvalue weighted by molar-refractivity contribution is -0.132. The van der Waals surface area contributed by atoms with E-state index in [1.54, 1.807) is 29.2 Å². The third-order valence-corrected chi connectivity index (χ3v) is 6.18. The van der Waals surface area contributed by atoms with Gasteiger partial charge in [-0.2, -0.15) is 5.26 Å². The van der Waals surface area contributed by atoms with Crippen LogP contribution in [0.15, 0.2) is 36.4 Å². The summed E-state index contributed by atoms with van der Waals surface area (Å²) in [6.45, 7) is 3.63. The molecule has 1 unspecified atom stereocenters. The fraction of sp³-hybridized carbons (Fsp3) is 0.360. The lowest BCUT2D eigenvalue weighted by atomic mass is 10.0. The van der Waals surface area contributed by atoms with E-state index in [-0.39, 0.29) is 36.2 Å². The van der Waals surface area contributed by atoms with Crippen LogP contribution in [0.5, 0.6) is 0 Å². The van der Waals surface area contributed by atoms with Crippen LogP contribution in [0.25, 0.3) is 11.0 Å². The van der Waals surface area contributed by atoms with Crippen molar-refractivity contribution < 1.29 is 23.4 Å². The zero-order chi connectivity index (χ0) is 25.3. The number of nitriles is 1. The average molecular weight is 482 g/mol. The summed E-state index contributed by atoms with van der Waals surface area (Å²) in [7, 11) is 1.24. The zero-order valence-electron chi connectivity index (χ0n) is 19.5. The largest absolute Gasteiger partial charge is 0.478 e. The molecule has 0 aliphatic carbocycles. The first-order valence-corrected chi connectivity index (χ1v) is 11.1. The smallest absolute Gasteiger partial charge is 0.337 e. The Balaban J connectivity index is 1.78. The van der Waals surface area contributed by atoms with E-state index >= 15 is 0 Å². The van der Waals surface area contributed by atoms with E-state index in [0.717, 1.165) is 11.1 Å². The molecular formula is C25H25F2N5O3. The first kappa shape index (κ1) is 24.3. The summed E-state index contributed by atoms with van der Waals surface area (Å²) in [5.74, 6) is -3.80. The molecule has 8 nitrogen and oxygen atoms in total. The number of aryl methyl sites for hydroxylation is 1. The van der Waals surface area contributed by atoms with Crippen LogP contribution >= 0.6 is 0 Å². The number of hydrogen-bond donors (Lipinski definition) is 2. The minimum absolute atomic E-state index is 0.00269. The molecule has 2 aromatic carbocycles. The molecule has 2 atom stereocenters. The van der Waals surface area contributed by atoms with E-state index in [2.05, 4.69) is 10.3 Å². The summed E-state index contributed by atoms with van der Waals surface area (Å²) in [6.07, 6.45) is -1.76. The Labute approximate surface area is 201 Å². The van der Waals surface area contributed by atoms with Crippen molar-refractivity contribution in [3.63, 3.8) is 0 Å². The van der Waals surface area contributed by atoms with Crippen LogP contribution in [0, 0.1) is 18.3 Å². The van der Waals surface area contributed by atoms with Gasteiger partial charge in [0, 0.05) is 31.3 Å². The third kappa shape index (κ3) is 4.72. The van der Waals surface area contributed by atoms with Gasteiger partial charge in [-0.1, -0.05) is 18.2 Å². The van der Waals surface area contributed by atoms with Crippen LogP contribution in [0.3, 0.4) is 0 Å². The molecule has 1 aliphatic rings. The number of nitrogens with zero attached hydrogens (tertiary/aromatic N) is 4. The molecule has 182 valence electrons. The highest BCUT2D eigenvalue weighted by Gasteiger charge is 2.45. The van der Waals surface area contributed by atoms with Crippen LogP contribution in [0.2, 0.25) is 0 Å². The van der Waals surface area contributed by atoms with Crippen LogP contribution in [-0.2, 0) is 4.74 Å². The van der Waals surface area contributed by atoms with Gasteiger partial charge < -0.3 is 20.1 Å². The molecule has 4 rings (SSSR count). The summed E-state index contributed by atoms with van der Waals surface area (Å²) in [5, 5.41) is 22.5. The van der Waals surface area contributed by atoms with Gasteiger partial charge in [0.25, 0.3) is 5.92 Å². The molecule has 1 aliphatic heterocycles. The molecule has 0 spiro atoms. The summed E-state index contributed by atoms with van der Waals surface area (Å²) < 4.78 is 33.4. The number of carboxylic acids is 1. The predicted octanol–water partition coefficient (Wildman–Crippen LogP) is 4.54. The number of alkyl halides is 2. The maximum Gasteiger partial charge on any atom is 0.337 e. The van der Waals surface area contributed by atoms with E-state index in [4.69, 9.17) is 9.72 Å². The number of fused-ring (bicyclic) bond motifs is 1. The summed E-state index contributed by atoms with van der Waals surface area (Å²) in [6, 6.07) is 12.0. The molecule has 1 fully saturated rings. The molecule has 2 N–H and O–H groups in total. The second-order valence-electron chi connectivity index (χ2n) is 8.63. The number of halogens is 2. The van der Waals surface area contributed by atoms with Crippen molar-refractivity contribution in [2.75, 3.05) is 30.4 Å². The third-order valence-electron chi connectivity index (χ3n) is 6.18. The number of piperidine rings is 1. The Bertz CT molecular complexity index is 1320.